The van der Waals surface area contributed by atoms with Crippen molar-refractivity contribution in [1.82, 2.24) is 0 Å². The topological polar surface area (TPSA) is 0 Å². The van der Waals surface area contributed by atoms with Crippen LogP contribution in [0.1, 0.15) is 6.92 Å². The molecule has 0 saturated heterocycles. The number of rotatable bonds is 0. The molecule has 0 heterocycles. The fourth-order valence-corrected chi connectivity index (χ4v) is 0. The zero-order chi connectivity index (χ0) is 3.41. The molecule has 0 atom stereocenters. The summed E-state index contributed by atoms with van der Waals surface area (Å²) < 4.78 is 0. The summed E-state index contributed by atoms with van der Waals surface area (Å²) in [5.74, 6) is 1.77. The molecule has 0 saturated carbocycles. The van der Waals surface area contributed by atoms with Gasteiger partial charge in [-0.25, -0.2) is 0 Å². The van der Waals surface area contributed by atoms with E-state index in [-0.39, 0.29) is 0 Å². The predicted octanol–water partition coefficient (Wildman–Crippen LogP) is 0.666. The molecular weight excluding hydrogens is 70.3 g/mol. The molecule has 0 aliphatic rings. The van der Waals surface area contributed by atoms with E-state index in [0.29, 0.717) is 0 Å². The average Bonchev–Trinajstić information content (AvgIpc) is 1.37. The standard InChI is InChI=1S/C2H4BCl/c1-2-3-4/h2H,1H3. The summed E-state index contributed by atoms with van der Waals surface area (Å²) in [6.45, 7) is 1.87. The van der Waals surface area contributed by atoms with E-state index in [1.807, 2.05) is 6.92 Å². The van der Waals surface area contributed by atoms with Crippen molar-refractivity contribution in [2.24, 2.45) is 0 Å². The van der Waals surface area contributed by atoms with Gasteiger partial charge in [-0.3, -0.25) is 0 Å². The van der Waals surface area contributed by atoms with Gasteiger partial charge in [0.05, 0.1) is 0 Å². The van der Waals surface area contributed by atoms with Crippen LogP contribution in [0.25, 0.3) is 0 Å². The molecule has 0 nitrogen and oxygen atoms in total. The Kier molecular flexibility index (Phi) is 3.41. The summed E-state index contributed by atoms with van der Waals surface area (Å²) in [4.78, 5) is 0. The van der Waals surface area contributed by atoms with Crippen molar-refractivity contribution < 1.29 is 0 Å². The second-order valence-corrected chi connectivity index (χ2v) is 0.711. The van der Waals surface area contributed by atoms with E-state index in [2.05, 4.69) is 0 Å². The van der Waals surface area contributed by atoms with Crippen LogP contribution in [0.5, 0.6) is 0 Å². The summed E-state index contributed by atoms with van der Waals surface area (Å²) in [7, 11) is 0. The molecule has 0 aliphatic heterocycles. The van der Waals surface area contributed by atoms with Crippen molar-refractivity contribution in [3.05, 3.63) is 0 Å². The fourth-order valence-electron chi connectivity index (χ4n) is 0. The first-order chi connectivity index (χ1) is 1.91. The van der Waals surface area contributed by atoms with Gasteiger partial charge in [0.2, 0.25) is 0 Å². The van der Waals surface area contributed by atoms with Crippen LogP contribution in [0.4, 0.5) is 0 Å². The molecule has 0 N–H and O–H groups in total. The maximum absolute atomic E-state index is 5.01. The Hall–Kier alpha value is 0.225. The Morgan fingerprint density at radius 3 is 2.25 bits per heavy atom. The monoisotopic (exact) mass is 74.0 g/mol. The van der Waals surface area contributed by atoms with Crippen LogP contribution in [0, 0.1) is 0 Å². The van der Waals surface area contributed by atoms with E-state index in [0.717, 1.165) is 0 Å². The van der Waals surface area contributed by atoms with E-state index >= 15 is 0 Å². The SMILES string of the molecule is CC=BCl. The maximum atomic E-state index is 5.01. The molecule has 0 spiro atoms. The van der Waals surface area contributed by atoms with E-state index in [1.54, 1.807) is 5.97 Å². The molecule has 0 aromatic carbocycles. The van der Waals surface area contributed by atoms with E-state index in [4.69, 9.17) is 11.5 Å². The number of hydrogen-bond donors (Lipinski definition) is 0. The quantitative estimate of drug-likeness (QED) is 0.370. The third-order valence-corrected chi connectivity index (χ3v) is 0.378. The van der Waals surface area contributed by atoms with Crippen LogP contribution >= 0.6 is 11.5 Å². The van der Waals surface area contributed by atoms with Crippen molar-refractivity contribution in [3.63, 3.8) is 0 Å². The van der Waals surface area contributed by atoms with Crippen LogP contribution in [0.2, 0.25) is 0 Å². The Bertz CT molecular complexity index is 21.2. The number of hydrogen-bond acceptors (Lipinski definition) is 0. The zero-order valence-corrected chi connectivity index (χ0v) is 3.29. The summed E-state index contributed by atoms with van der Waals surface area (Å²) in [5.41, 5.74) is 0. The van der Waals surface area contributed by atoms with Crippen molar-refractivity contribution >= 4 is 23.8 Å². The van der Waals surface area contributed by atoms with Crippen LogP contribution in [-0.2, 0) is 0 Å². The summed E-state index contributed by atoms with van der Waals surface area (Å²) in [6.07, 6.45) is 1.47. The first kappa shape index (κ1) is 4.22. The molecule has 0 radical (unpaired) electrons. The van der Waals surface area contributed by atoms with Crippen molar-refractivity contribution in [1.29, 1.82) is 0 Å². The van der Waals surface area contributed by atoms with Gasteiger partial charge in [-0.05, 0) is 0 Å². The molecule has 0 aromatic heterocycles. The van der Waals surface area contributed by atoms with Crippen molar-refractivity contribution in [3.8, 4) is 0 Å². The van der Waals surface area contributed by atoms with Crippen LogP contribution < -0.4 is 0 Å². The molecule has 22 valence electrons. The molecule has 0 rings (SSSR count). The summed E-state index contributed by atoms with van der Waals surface area (Å²) >= 11 is 5.01. The molecule has 0 amide bonds. The second-order valence-electron chi connectivity index (χ2n) is 0.459. The summed E-state index contributed by atoms with van der Waals surface area (Å²) in [5, 5.41) is 0. The van der Waals surface area contributed by atoms with Gasteiger partial charge >= 0.3 is 30.7 Å². The van der Waals surface area contributed by atoms with Gasteiger partial charge in [0, 0.05) is 0 Å². The van der Waals surface area contributed by atoms with Crippen LogP contribution in [0.15, 0.2) is 0 Å². The molecule has 0 aromatic rings. The molecule has 4 heavy (non-hydrogen) atoms. The molecule has 0 unspecified atom stereocenters. The van der Waals surface area contributed by atoms with Crippen LogP contribution in [0.3, 0.4) is 0 Å². The number of halogens is 1. The van der Waals surface area contributed by atoms with E-state index < -0.39 is 0 Å². The Morgan fingerprint density at radius 1 is 2.00 bits per heavy atom. The van der Waals surface area contributed by atoms with Crippen molar-refractivity contribution in [2.45, 2.75) is 6.92 Å². The van der Waals surface area contributed by atoms with Gasteiger partial charge in [0.25, 0.3) is 0 Å². The Labute approximate surface area is 31.6 Å². The first-order valence-electron chi connectivity index (χ1n) is 1.13. The van der Waals surface area contributed by atoms with Gasteiger partial charge in [-0.2, -0.15) is 0 Å². The van der Waals surface area contributed by atoms with Gasteiger partial charge in [0.15, 0.2) is 0 Å². The van der Waals surface area contributed by atoms with Gasteiger partial charge in [-0.1, -0.05) is 0 Å². The first-order valence-corrected chi connectivity index (χ1v) is 1.57. The Morgan fingerprint density at radius 2 is 2.25 bits per heavy atom. The molecule has 0 aliphatic carbocycles. The third-order valence-electron chi connectivity index (χ3n) is 0.126. The van der Waals surface area contributed by atoms with E-state index in [1.165, 1.54) is 6.34 Å². The fraction of sp³-hybridized carbons (Fsp3) is 0.500. The average molecular weight is 74.3 g/mol. The van der Waals surface area contributed by atoms with Crippen molar-refractivity contribution in [2.75, 3.05) is 0 Å². The molecule has 0 fully saturated rings. The minimum absolute atomic E-state index is 1.47. The van der Waals surface area contributed by atoms with Crippen LogP contribution in [-0.4, -0.2) is 12.3 Å². The van der Waals surface area contributed by atoms with E-state index in [9.17, 15) is 0 Å². The van der Waals surface area contributed by atoms with Gasteiger partial charge < -0.3 is 0 Å². The summed E-state index contributed by atoms with van der Waals surface area (Å²) in [6, 6.07) is 0. The minimum atomic E-state index is 1.47. The molecular formula is C2H4BCl. The molecule has 2 heteroatoms. The second kappa shape index (κ2) is 3.22. The normalized spacial score (nSPS) is 7.50. The third kappa shape index (κ3) is 2.22. The zero-order valence-electron chi connectivity index (χ0n) is 2.53. The Balaban J connectivity index is 2.55. The predicted molar refractivity (Wildman–Crippen MR) is 23.3 cm³/mol. The molecule has 0 bridgehead atoms. The van der Waals surface area contributed by atoms with Gasteiger partial charge in [0.1, 0.15) is 0 Å². The van der Waals surface area contributed by atoms with Gasteiger partial charge in [-0.15, -0.1) is 0 Å².